The summed E-state index contributed by atoms with van der Waals surface area (Å²) in [6.07, 6.45) is 3.35. The number of anilines is 1. The van der Waals surface area contributed by atoms with E-state index in [0.717, 1.165) is 12.8 Å². The van der Waals surface area contributed by atoms with Gasteiger partial charge >= 0.3 is 6.30 Å². The number of hydrogen-bond acceptors (Lipinski definition) is 4. The minimum Gasteiger partial charge on any atom is -0.354 e. The average Bonchev–Trinajstić information content (AvgIpc) is 3.20. The largest absolute Gasteiger partial charge is 0.490 e. The van der Waals surface area contributed by atoms with Crippen molar-refractivity contribution in [2.24, 2.45) is 5.92 Å². The van der Waals surface area contributed by atoms with E-state index in [2.05, 4.69) is 20.3 Å². The van der Waals surface area contributed by atoms with E-state index >= 15 is 0 Å². The Morgan fingerprint density at radius 1 is 1.00 bits per heavy atom. The number of hydrogen-bond donors (Lipinski definition) is 1. The third kappa shape index (κ3) is 4.44. The SMILES string of the molecule is Fc1ccc(-c2ncn(C(F)(F)F)c2-c2ccnc(NCC3CCCCC3)n2)cc1. The Balaban J connectivity index is 1.68. The van der Waals surface area contributed by atoms with Gasteiger partial charge in [0.1, 0.15) is 17.8 Å². The van der Waals surface area contributed by atoms with E-state index in [-0.39, 0.29) is 27.6 Å². The van der Waals surface area contributed by atoms with Crippen molar-refractivity contribution in [1.29, 1.82) is 0 Å². The maximum Gasteiger partial charge on any atom is 0.490 e. The second kappa shape index (κ2) is 8.41. The minimum absolute atomic E-state index is 0.0734. The predicted molar refractivity (Wildman–Crippen MR) is 105 cm³/mol. The van der Waals surface area contributed by atoms with Crippen molar-refractivity contribution in [1.82, 2.24) is 19.5 Å². The lowest BCUT2D eigenvalue weighted by Gasteiger charge is -2.21. The van der Waals surface area contributed by atoms with Gasteiger partial charge in [0.15, 0.2) is 0 Å². The number of rotatable bonds is 5. The van der Waals surface area contributed by atoms with Crippen LogP contribution in [0.4, 0.5) is 23.5 Å². The second-order valence-corrected chi connectivity index (χ2v) is 7.44. The summed E-state index contributed by atoms with van der Waals surface area (Å²) in [6, 6.07) is 6.57. The standard InChI is InChI=1S/C21H21F4N5/c22-16-8-6-15(7-9-16)18-19(30(13-28-18)21(23,24)25)17-10-11-26-20(29-17)27-12-14-4-2-1-3-5-14/h6-11,13-14H,1-5,12H2,(H,26,27,29). The molecule has 1 fully saturated rings. The first-order valence-corrected chi connectivity index (χ1v) is 9.89. The Morgan fingerprint density at radius 2 is 1.73 bits per heavy atom. The molecule has 1 N–H and O–H groups in total. The number of nitrogens with one attached hydrogen (secondary N) is 1. The van der Waals surface area contributed by atoms with E-state index in [1.807, 2.05) is 0 Å². The van der Waals surface area contributed by atoms with Crippen molar-refractivity contribution in [3.63, 3.8) is 0 Å². The van der Waals surface area contributed by atoms with E-state index in [0.29, 0.717) is 24.4 Å². The van der Waals surface area contributed by atoms with Gasteiger partial charge in [0.25, 0.3) is 0 Å². The van der Waals surface area contributed by atoms with E-state index in [1.54, 1.807) is 0 Å². The zero-order valence-corrected chi connectivity index (χ0v) is 16.2. The van der Waals surface area contributed by atoms with Crippen molar-refractivity contribution in [2.75, 3.05) is 11.9 Å². The molecule has 0 atom stereocenters. The van der Waals surface area contributed by atoms with Crippen molar-refractivity contribution < 1.29 is 17.6 Å². The lowest BCUT2D eigenvalue weighted by molar-refractivity contribution is -0.202. The molecular weight excluding hydrogens is 398 g/mol. The lowest BCUT2D eigenvalue weighted by atomic mass is 9.89. The summed E-state index contributed by atoms with van der Waals surface area (Å²) in [7, 11) is 0. The second-order valence-electron chi connectivity index (χ2n) is 7.44. The van der Waals surface area contributed by atoms with Gasteiger partial charge in [0, 0.05) is 18.3 Å². The number of nitrogens with zero attached hydrogens (tertiary/aromatic N) is 4. The first kappa shape index (κ1) is 20.3. The van der Waals surface area contributed by atoms with Gasteiger partial charge in [-0.3, -0.25) is 0 Å². The van der Waals surface area contributed by atoms with E-state index < -0.39 is 12.1 Å². The average molecular weight is 419 g/mol. The normalized spacial score (nSPS) is 15.3. The summed E-state index contributed by atoms with van der Waals surface area (Å²) >= 11 is 0. The fraction of sp³-hybridized carbons (Fsp3) is 0.381. The van der Waals surface area contributed by atoms with Gasteiger partial charge in [-0.05, 0) is 49.1 Å². The van der Waals surface area contributed by atoms with Crippen LogP contribution in [0.5, 0.6) is 0 Å². The van der Waals surface area contributed by atoms with Gasteiger partial charge in [0.2, 0.25) is 5.95 Å². The van der Waals surface area contributed by atoms with Crippen LogP contribution in [0.1, 0.15) is 32.1 Å². The van der Waals surface area contributed by atoms with E-state index in [1.165, 1.54) is 55.8 Å². The Hall–Kier alpha value is -2.97. The monoisotopic (exact) mass is 419 g/mol. The number of aromatic nitrogens is 4. The Morgan fingerprint density at radius 3 is 2.43 bits per heavy atom. The molecule has 1 aliphatic carbocycles. The summed E-state index contributed by atoms with van der Waals surface area (Å²) in [5.74, 6) is 0.311. The molecule has 0 aliphatic heterocycles. The van der Waals surface area contributed by atoms with Gasteiger partial charge < -0.3 is 5.32 Å². The molecule has 3 aromatic rings. The maximum absolute atomic E-state index is 13.6. The van der Waals surface area contributed by atoms with Crippen LogP contribution in [0.3, 0.4) is 0 Å². The van der Waals surface area contributed by atoms with Crippen LogP contribution in [0, 0.1) is 11.7 Å². The first-order chi connectivity index (χ1) is 14.4. The zero-order chi connectivity index (χ0) is 21.1. The van der Waals surface area contributed by atoms with Crippen molar-refractivity contribution in [3.8, 4) is 22.6 Å². The fourth-order valence-electron chi connectivity index (χ4n) is 3.81. The van der Waals surface area contributed by atoms with Gasteiger partial charge in [-0.25, -0.2) is 23.9 Å². The van der Waals surface area contributed by atoms with Crippen LogP contribution in [-0.4, -0.2) is 26.1 Å². The third-order valence-corrected chi connectivity index (χ3v) is 5.33. The van der Waals surface area contributed by atoms with E-state index in [4.69, 9.17) is 0 Å². The maximum atomic E-state index is 13.6. The molecule has 0 saturated heterocycles. The number of halogens is 4. The molecule has 0 amide bonds. The van der Waals surface area contributed by atoms with E-state index in [9.17, 15) is 17.6 Å². The molecule has 2 heterocycles. The summed E-state index contributed by atoms with van der Waals surface area (Å²) < 4.78 is 54.3. The highest BCUT2D eigenvalue weighted by molar-refractivity contribution is 5.77. The van der Waals surface area contributed by atoms with Gasteiger partial charge in [-0.1, -0.05) is 19.3 Å². The molecule has 30 heavy (non-hydrogen) atoms. The summed E-state index contributed by atoms with van der Waals surface area (Å²) in [5.41, 5.74) is 0.316. The fourth-order valence-corrected chi connectivity index (χ4v) is 3.81. The number of imidazole rings is 1. The molecule has 1 aliphatic rings. The van der Waals surface area contributed by atoms with Crippen LogP contribution in [0.2, 0.25) is 0 Å². The topological polar surface area (TPSA) is 55.6 Å². The molecule has 5 nitrogen and oxygen atoms in total. The molecule has 9 heteroatoms. The highest BCUT2D eigenvalue weighted by atomic mass is 19.4. The third-order valence-electron chi connectivity index (χ3n) is 5.33. The number of benzene rings is 1. The molecule has 2 aromatic heterocycles. The minimum atomic E-state index is -4.68. The molecular formula is C21H21F4N5. The zero-order valence-electron chi connectivity index (χ0n) is 16.2. The molecule has 158 valence electrons. The summed E-state index contributed by atoms with van der Waals surface area (Å²) in [5, 5.41) is 3.16. The molecule has 0 spiro atoms. The lowest BCUT2D eigenvalue weighted by Crippen LogP contribution is -2.19. The van der Waals surface area contributed by atoms with Crippen LogP contribution >= 0.6 is 0 Å². The van der Waals surface area contributed by atoms with Gasteiger partial charge in [-0.2, -0.15) is 0 Å². The predicted octanol–water partition coefficient (Wildman–Crippen LogP) is 5.61. The summed E-state index contributed by atoms with van der Waals surface area (Å²) in [4.78, 5) is 12.4. The molecule has 0 radical (unpaired) electrons. The molecule has 0 unspecified atom stereocenters. The first-order valence-electron chi connectivity index (χ1n) is 9.89. The highest BCUT2D eigenvalue weighted by Gasteiger charge is 2.35. The Kier molecular flexibility index (Phi) is 5.69. The smallest absolute Gasteiger partial charge is 0.354 e. The molecule has 0 bridgehead atoms. The van der Waals surface area contributed by atoms with Gasteiger partial charge in [-0.15, -0.1) is 13.2 Å². The van der Waals surface area contributed by atoms with Crippen molar-refractivity contribution >= 4 is 5.95 Å². The van der Waals surface area contributed by atoms with Crippen LogP contribution in [0.25, 0.3) is 22.6 Å². The van der Waals surface area contributed by atoms with Crippen LogP contribution < -0.4 is 5.32 Å². The van der Waals surface area contributed by atoms with Gasteiger partial charge in [0.05, 0.1) is 11.4 Å². The Labute approximate surface area is 171 Å². The van der Waals surface area contributed by atoms with Crippen LogP contribution in [0.15, 0.2) is 42.9 Å². The van der Waals surface area contributed by atoms with Crippen molar-refractivity contribution in [2.45, 2.75) is 38.4 Å². The summed E-state index contributed by atoms with van der Waals surface area (Å²) in [6.45, 7) is 0.687. The van der Waals surface area contributed by atoms with Crippen molar-refractivity contribution in [3.05, 3.63) is 48.7 Å². The van der Waals surface area contributed by atoms with Crippen LogP contribution in [-0.2, 0) is 6.30 Å². The Bertz CT molecular complexity index is 991. The highest BCUT2D eigenvalue weighted by Crippen LogP contribution is 2.36. The number of alkyl halides is 3. The molecule has 1 saturated carbocycles. The molecule has 4 rings (SSSR count). The molecule has 1 aromatic carbocycles. The quantitative estimate of drug-likeness (QED) is 0.546.